The monoisotopic (exact) mass is 273 g/mol. The first-order valence-electron chi connectivity index (χ1n) is 7.28. The van der Waals surface area contributed by atoms with Gasteiger partial charge < -0.3 is 10.2 Å². The zero-order chi connectivity index (χ0) is 14.8. The van der Waals surface area contributed by atoms with Crippen molar-refractivity contribution in [2.45, 2.75) is 39.5 Å². The highest BCUT2D eigenvalue weighted by molar-refractivity contribution is 5.90. The van der Waals surface area contributed by atoms with Crippen LogP contribution in [0.15, 0.2) is 24.3 Å². The van der Waals surface area contributed by atoms with Crippen molar-refractivity contribution in [3.05, 3.63) is 29.8 Å². The summed E-state index contributed by atoms with van der Waals surface area (Å²) in [5.41, 5.74) is 1.07. The van der Waals surface area contributed by atoms with Gasteiger partial charge in [-0.15, -0.1) is 0 Å². The first-order chi connectivity index (χ1) is 9.72. The van der Waals surface area contributed by atoms with Crippen molar-refractivity contribution >= 4 is 11.7 Å². The van der Waals surface area contributed by atoms with E-state index in [2.05, 4.69) is 25.2 Å². The van der Waals surface area contributed by atoms with E-state index in [0.29, 0.717) is 11.3 Å². The molecule has 4 nitrogen and oxygen atoms in total. The lowest BCUT2D eigenvalue weighted by molar-refractivity contribution is 0.210. The molecule has 0 radical (unpaired) electrons. The lowest BCUT2D eigenvalue weighted by Gasteiger charge is -2.23. The van der Waals surface area contributed by atoms with Crippen LogP contribution >= 0.6 is 0 Å². The molecular weight excluding hydrogens is 250 g/mol. The van der Waals surface area contributed by atoms with Crippen LogP contribution in [0.1, 0.15) is 45.1 Å². The van der Waals surface area contributed by atoms with Crippen LogP contribution in [0.4, 0.5) is 10.5 Å². The summed E-state index contributed by atoms with van der Waals surface area (Å²) >= 11 is 0. The van der Waals surface area contributed by atoms with E-state index in [1.54, 1.807) is 18.2 Å². The molecule has 0 aliphatic rings. The maximum Gasteiger partial charge on any atom is 0.321 e. The summed E-state index contributed by atoms with van der Waals surface area (Å²) in [6, 6.07) is 9.05. The van der Waals surface area contributed by atoms with Crippen LogP contribution in [0.2, 0.25) is 0 Å². The highest BCUT2D eigenvalue weighted by Gasteiger charge is 2.13. The standard InChI is InChI=1S/C16H23N3O/c1-3-5-11-19(12-6-4-2)16(20)18-15-10-8-7-9-14(15)13-17/h7-10H,3-6,11-12H2,1-2H3,(H,18,20). The Morgan fingerprint density at radius 3 is 2.35 bits per heavy atom. The van der Waals surface area contributed by atoms with E-state index in [4.69, 9.17) is 5.26 Å². The van der Waals surface area contributed by atoms with Gasteiger partial charge in [0.15, 0.2) is 0 Å². The molecule has 108 valence electrons. The number of unbranched alkanes of at least 4 members (excludes halogenated alkanes) is 2. The number of rotatable bonds is 7. The van der Waals surface area contributed by atoms with Crippen LogP contribution in [0.3, 0.4) is 0 Å². The Labute approximate surface area is 121 Å². The van der Waals surface area contributed by atoms with E-state index < -0.39 is 0 Å². The number of amides is 2. The van der Waals surface area contributed by atoms with E-state index >= 15 is 0 Å². The average Bonchev–Trinajstić information content (AvgIpc) is 2.47. The van der Waals surface area contributed by atoms with E-state index in [0.717, 1.165) is 38.8 Å². The number of carbonyl (C=O) groups is 1. The first kappa shape index (κ1) is 16.0. The van der Waals surface area contributed by atoms with Crippen LogP contribution in [-0.4, -0.2) is 24.0 Å². The molecule has 4 heteroatoms. The molecule has 20 heavy (non-hydrogen) atoms. The quantitative estimate of drug-likeness (QED) is 0.816. The van der Waals surface area contributed by atoms with Crippen LogP contribution in [-0.2, 0) is 0 Å². The lowest BCUT2D eigenvalue weighted by Crippen LogP contribution is -2.36. The van der Waals surface area contributed by atoms with Gasteiger partial charge in [-0.1, -0.05) is 38.8 Å². The van der Waals surface area contributed by atoms with E-state index in [9.17, 15) is 4.79 Å². The maximum absolute atomic E-state index is 12.3. The van der Waals surface area contributed by atoms with Crippen molar-refractivity contribution in [3.63, 3.8) is 0 Å². The number of benzene rings is 1. The number of para-hydroxylation sites is 1. The van der Waals surface area contributed by atoms with Gasteiger partial charge in [0.05, 0.1) is 11.3 Å². The third kappa shape index (κ3) is 4.93. The van der Waals surface area contributed by atoms with Gasteiger partial charge in [0.1, 0.15) is 6.07 Å². The van der Waals surface area contributed by atoms with Gasteiger partial charge in [-0.2, -0.15) is 5.26 Å². The Kier molecular flexibility index (Phi) is 7.20. The fourth-order valence-electron chi connectivity index (χ4n) is 1.90. The molecule has 0 aliphatic carbocycles. The van der Waals surface area contributed by atoms with Crippen molar-refractivity contribution in [2.75, 3.05) is 18.4 Å². The number of hydrogen-bond donors (Lipinski definition) is 1. The molecule has 0 unspecified atom stereocenters. The zero-order valence-electron chi connectivity index (χ0n) is 12.4. The number of anilines is 1. The largest absolute Gasteiger partial charge is 0.325 e. The summed E-state index contributed by atoms with van der Waals surface area (Å²) in [4.78, 5) is 14.1. The Morgan fingerprint density at radius 2 is 1.80 bits per heavy atom. The van der Waals surface area contributed by atoms with Crippen LogP contribution in [0, 0.1) is 11.3 Å². The molecule has 0 aliphatic heterocycles. The highest BCUT2D eigenvalue weighted by atomic mass is 16.2. The Balaban J connectivity index is 2.71. The summed E-state index contributed by atoms with van der Waals surface area (Å²) in [6.07, 6.45) is 4.11. The minimum absolute atomic E-state index is 0.116. The van der Waals surface area contributed by atoms with Crippen LogP contribution < -0.4 is 5.32 Å². The van der Waals surface area contributed by atoms with Gasteiger partial charge in [-0.25, -0.2) is 4.79 Å². The summed E-state index contributed by atoms with van der Waals surface area (Å²) in [6.45, 7) is 5.75. The zero-order valence-corrected chi connectivity index (χ0v) is 12.4. The van der Waals surface area contributed by atoms with Crippen LogP contribution in [0.25, 0.3) is 0 Å². The van der Waals surface area contributed by atoms with Crippen molar-refractivity contribution in [2.24, 2.45) is 0 Å². The predicted octanol–water partition coefficient (Wildman–Crippen LogP) is 3.99. The van der Waals surface area contributed by atoms with Gasteiger partial charge in [0.2, 0.25) is 0 Å². The van der Waals surface area contributed by atoms with E-state index in [-0.39, 0.29) is 6.03 Å². The molecule has 1 aromatic carbocycles. The van der Waals surface area contributed by atoms with Gasteiger partial charge in [-0.3, -0.25) is 0 Å². The average molecular weight is 273 g/mol. The smallest absolute Gasteiger partial charge is 0.321 e. The molecule has 1 rings (SSSR count). The third-order valence-corrected chi connectivity index (χ3v) is 3.14. The number of nitrogens with one attached hydrogen (secondary N) is 1. The molecule has 0 fully saturated rings. The molecule has 0 saturated heterocycles. The predicted molar refractivity (Wildman–Crippen MR) is 81.6 cm³/mol. The Morgan fingerprint density at radius 1 is 1.20 bits per heavy atom. The van der Waals surface area contributed by atoms with Gasteiger partial charge in [-0.05, 0) is 25.0 Å². The van der Waals surface area contributed by atoms with Crippen molar-refractivity contribution in [1.29, 1.82) is 5.26 Å². The molecule has 0 spiro atoms. The third-order valence-electron chi connectivity index (χ3n) is 3.14. The van der Waals surface area contributed by atoms with Crippen molar-refractivity contribution in [3.8, 4) is 6.07 Å². The Hall–Kier alpha value is -2.02. The van der Waals surface area contributed by atoms with Crippen molar-refractivity contribution in [1.82, 2.24) is 4.90 Å². The molecule has 1 N–H and O–H groups in total. The number of urea groups is 1. The molecule has 0 bridgehead atoms. The van der Waals surface area contributed by atoms with E-state index in [1.165, 1.54) is 0 Å². The molecule has 0 heterocycles. The highest BCUT2D eigenvalue weighted by Crippen LogP contribution is 2.14. The molecule has 0 saturated carbocycles. The number of nitriles is 1. The summed E-state index contributed by atoms with van der Waals surface area (Å²) in [7, 11) is 0. The molecule has 1 aromatic rings. The maximum atomic E-state index is 12.3. The molecule has 2 amide bonds. The summed E-state index contributed by atoms with van der Waals surface area (Å²) < 4.78 is 0. The minimum Gasteiger partial charge on any atom is -0.325 e. The number of hydrogen-bond acceptors (Lipinski definition) is 2. The Bertz CT molecular complexity index is 457. The fraction of sp³-hybridized carbons (Fsp3) is 0.500. The summed E-state index contributed by atoms with van der Waals surface area (Å²) in [5.74, 6) is 0. The second-order valence-electron chi connectivity index (χ2n) is 4.78. The van der Waals surface area contributed by atoms with Crippen molar-refractivity contribution < 1.29 is 4.79 Å². The second-order valence-corrected chi connectivity index (χ2v) is 4.78. The SMILES string of the molecule is CCCCN(CCCC)C(=O)Nc1ccccc1C#N. The molecule has 0 atom stereocenters. The van der Waals surface area contributed by atoms with Gasteiger partial charge >= 0.3 is 6.03 Å². The normalized spacial score (nSPS) is 9.85. The number of carbonyl (C=O) groups excluding carboxylic acids is 1. The van der Waals surface area contributed by atoms with Crippen LogP contribution in [0.5, 0.6) is 0 Å². The molecule has 0 aromatic heterocycles. The first-order valence-corrected chi connectivity index (χ1v) is 7.28. The minimum atomic E-state index is -0.116. The fourth-order valence-corrected chi connectivity index (χ4v) is 1.90. The second kappa shape index (κ2) is 8.98. The van der Waals surface area contributed by atoms with Gasteiger partial charge in [0.25, 0.3) is 0 Å². The summed E-state index contributed by atoms with van der Waals surface area (Å²) in [5, 5.41) is 11.9. The lowest BCUT2D eigenvalue weighted by atomic mass is 10.2. The topological polar surface area (TPSA) is 56.1 Å². The van der Waals surface area contributed by atoms with E-state index in [1.807, 2.05) is 11.0 Å². The molecular formula is C16H23N3O. The number of nitrogens with zero attached hydrogens (tertiary/aromatic N) is 2. The van der Waals surface area contributed by atoms with Gasteiger partial charge in [0, 0.05) is 13.1 Å².